The highest BCUT2D eigenvalue weighted by atomic mass is 32.2. The molecule has 0 amide bonds. The Morgan fingerprint density at radius 3 is 2.70 bits per heavy atom. The standard InChI is InChI=1S/C13H16N2O3S2/c1-9-11(8-16)4-3-5-13(9)20(17,18)15-7-12-6-14-10(2)19-12/h3-6,15-16H,7-8H2,1-2H3. The normalized spacial score (nSPS) is 11.8. The fraction of sp³-hybridized carbons (Fsp3) is 0.308. The number of aliphatic hydroxyl groups excluding tert-OH is 1. The van der Waals surface area contributed by atoms with Crippen LogP contribution in [0.1, 0.15) is 21.0 Å². The van der Waals surface area contributed by atoms with Crippen LogP contribution in [-0.2, 0) is 23.2 Å². The molecule has 7 heteroatoms. The Balaban J connectivity index is 2.22. The molecule has 0 saturated carbocycles. The molecule has 0 aliphatic rings. The van der Waals surface area contributed by atoms with E-state index in [1.807, 2.05) is 6.92 Å². The summed E-state index contributed by atoms with van der Waals surface area (Å²) < 4.78 is 27.1. The summed E-state index contributed by atoms with van der Waals surface area (Å²) >= 11 is 1.46. The lowest BCUT2D eigenvalue weighted by Gasteiger charge is -2.11. The molecular weight excluding hydrogens is 296 g/mol. The molecule has 1 aromatic carbocycles. The van der Waals surface area contributed by atoms with E-state index in [2.05, 4.69) is 9.71 Å². The Hall–Kier alpha value is -1.28. The summed E-state index contributed by atoms with van der Waals surface area (Å²) in [7, 11) is -3.59. The van der Waals surface area contributed by atoms with Gasteiger partial charge in [-0.1, -0.05) is 12.1 Å². The quantitative estimate of drug-likeness (QED) is 0.881. The molecule has 2 N–H and O–H groups in total. The molecule has 0 fully saturated rings. The van der Waals surface area contributed by atoms with Crippen molar-refractivity contribution in [3.63, 3.8) is 0 Å². The van der Waals surface area contributed by atoms with Crippen LogP contribution in [0.4, 0.5) is 0 Å². The van der Waals surface area contributed by atoms with E-state index < -0.39 is 10.0 Å². The monoisotopic (exact) mass is 312 g/mol. The van der Waals surface area contributed by atoms with Gasteiger partial charge in [0, 0.05) is 17.6 Å². The van der Waals surface area contributed by atoms with Gasteiger partial charge in [0.15, 0.2) is 0 Å². The van der Waals surface area contributed by atoms with E-state index in [4.69, 9.17) is 0 Å². The van der Waals surface area contributed by atoms with Crippen molar-refractivity contribution in [2.45, 2.75) is 31.9 Å². The second kappa shape index (κ2) is 6.01. The number of rotatable bonds is 5. The van der Waals surface area contributed by atoms with Crippen LogP contribution in [0.15, 0.2) is 29.3 Å². The highest BCUT2D eigenvalue weighted by Crippen LogP contribution is 2.19. The number of sulfonamides is 1. The second-order valence-electron chi connectivity index (χ2n) is 4.37. The molecule has 0 radical (unpaired) electrons. The lowest BCUT2D eigenvalue weighted by Crippen LogP contribution is -2.24. The van der Waals surface area contributed by atoms with Crippen LogP contribution in [0.2, 0.25) is 0 Å². The zero-order chi connectivity index (χ0) is 14.8. The first-order valence-corrected chi connectivity index (χ1v) is 8.34. The molecule has 0 saturated heterocycles. The van der Waals surface area contributed by atoms with Gasteiger partial charge in [0.25, 0.3) is 0 Å². The molecule has 1 heterocycles. The Labute approximate surface area is 122 Å². The van der Waals surface area contributed by atoms with Crippen molar-refractivity contribution in [1.82, 2.24) is 9.71 Å². The third-order valence-electron chi connectivity index (χ3n) is 2.96. The van der Waals surface area contributed by atoms with Crippen molar-refractivity contribution in [3.05, 3.63) is 45.4 Å². The Morgan fingerprint density at radius 1 is 1.35 bits per heavy atom. The third kappa shape index (κ3) is 3.24. The molecule has 0 aliphatic carbocycles. The molecule has 2 aromatic rings. The number of aliphatic hydroxyl groups is 1. The SMILES string of the molecule is Cc1ncc(CNS(=O)(=O)c2cccc(CO)c2C)s1. The first kappa shape index (κ1) is 15.1. The molecule has 0 atom stereocenters. The average Bonchev–Trinajstić information content (AvgIpc) is 2.82. The van der Waals surface area contributed by atoms with E-state index in [1.54, 1.807) is 25.3 Å². The van der Waals surface area contributed by atoms with Gasteiger partial charge < -0.3 is 5.11 Å². The van der Waals surface area contributed by atoms with E-state index in [9.17, 15) is 13.5 Å². The molecule has 1 aromatic heterocycles. The summed E-state index contributed by atoms with van der Waals surface area (Å²) in [5.74, 6) is 0. The number of nitrogens with one attached hydrogen (secondary N) is 1. The number of aromatic nitrogens is 1. The van der Waals surface area contributed by atoms with E-state index >= 15 is 0 Å². The highest BCUT2D eigenvalue weighted by Gasteiger charge is 2.18. The van der Waals surface area contributed by atoms with Crippen molar-refractivity contribution in [3.8, 4) is 0 Å². The smallest absolute Gasteiger partial charge is 0.241 e. The van der Waals surface area contributed by atoms with E-state index in [1.165, 1.54) is 17.4 Å². The van der Waals surface area contributed by atoms with Gasteiger partial charge in [0.1, 0.15) is 0 Å². The van der Waals surface area contributed by atoms with Crippen molar-refractivity contribution in [2.24, 2.45) is 0 Å². The summed E-state index contributed by atoms with van der Waals surface area (Å²) in [6.45, 7) is 3.61. The van der Waals surface area contributed by atoms with Crippen molar-refractivity contribution in [1.29, 1.82) is 0 Å². The number of hydrogen-bond acceptors (Lipinski definition) is 5. The number of benzene rings is 1. The van der Waals surface area contributed by atoms with Crippen molar-refractivity contribution < 1.29 is 13.5 Å². The molecule has 0 aliphatic heterocycles. The predicted molar refractivity (Wildman–Crippen MR) is 78.0 cm³/mol. The largest absolute Gasteiger partial charge is 0.392 e. The lowest BCUT2D eigenvalue weighted by molar-refractivity contribution is 0.280. The van der Waals surface area contributed by atoms with Crippen molar-refractivity contribution >= 4 is 21.4 Å². The van der Waals surface area contributed by atoms with E-state index in [-0.39, 0.29) is 18.0 Å². The van der Waals surface area contributed by atoms with Gasteiger partial charge in [-0.3, -0.25) is 0 Å². The molecule has 108 valence electrons. The van der Waals surface area contributed by atoms with Crippen LogP contribution >= 0.6 is 11.3 Å². The summed E-state index contributed by atoms with van der Waals surface area (Å²) in [5.41, 5.74) is 1.18. The molecule has 0 bridgehead atoms. The first-order valence-electron chi connectivity index (χ1n) is 6.04. The average molecular weight is 312 g/mol. The van der Waals surface area contributed by atoms with Gasteiger partial charge in [-0.2, -0.15) is 0 Å². The minimum atomic E-state index is -3.59. The van der Waals surface area contributed by atoms with Crippen LogP contribution in [0.3, 0.4) is 0 Å². The molecular formula is C13H16N2O3S2. The zero-order valence-electron chi connectivity index (χ0n) is 11.3. The Morgan fingerprint density at radius 2 is 2.10 bits per heavy atom. The van der Waals surface area contributed by atoms with Gasteiger partial charge in [-0.25, -0.2) is 18.1 Å². The van der Waals surface area contributed by atoms with Gasteiger partial charge in [0.2, 0.25) is 10.0 Å². The lowest BCUT2D eigenvalue weighted by atomic mass is 10.1. The van der Waals surface area contributed by atoms with Crippen LogP contribution in [0, 0.1) is 13.8 Å². The summed E-state index contributed by atoms with van der Waals surface area (Å²) in [4.78, 5) is 5.15. The zero-order valence-corrected chi connectivity index (χ0v) is 12.9. The number of hydrogen-bond donors (Lipinski definition) is 2. The third-order valence-corrected chi connectivity index (χ3v) is 5.42. The van der Waals surface area contributed by atoms with Gasteiger partial charge in [0.05, 0.1) is 16.5 Å². The molecule has 0 unspecified atom stereocenters. The second-order valence-corrected chi connectivity index (χ2v) is 7.42. The van der Waals surface area contributed by atoms with Crippen LogP contribution in [0.5, 0.6) is 0 Å². The highest BCUT2D eigenvalue weighted by molar-refractivity contribution is 7.89. The van der Waals surface area contributed by atoms with E-state index in [0.29, 0.717) is 11.1 Å². The minimum Gasteiger partial charge on any atom is -0.392 e. The van der Waals surface area contributed by atoms with E-state index in [0.717, 1.165) is 9.88 Å². The molecule has 5 nitrogen and oxygen atoms in total. The number of thiazole rings is 1. The first-order chi connectivity index (χ1) is 9.44. The summed E-state index contributed by atoms with van der Waals surface area (Å²) in [5, 5.41) is 10.1. The van der Waals surface area contributed by atoms with Gasteiger partial charge >= 0.3 is 0 Å². The van der Waals surface area contributed by atoms with Gasteiger partial charge in [-0.05, 0) is 31.0 Å². The Bertz CT molecular complexity index is 708. The number of aryl methyl sites for hydroxylation is 1. The topological polar surface area (TPSA) is 79.3 Å². The maximum atomic E-state index is 12.3. The van der Waals surface area contributed by atoms with Crippen LogP contribution < -0.4 is 4.72 Å². The van der Waals surface area contributed by atoms with Crippen LogP contribution in [-0.4, -0.2) is 18.5 Å². The maximum absolute atomic E-state index is 12.3. The fourth-order valence-corrected chi connectivity index (χ4v) is 3.97. The molecule has 20 heavy (non-hydrogen) atoms. The molecule has 2 rings (SSSR count). The summed E-state index contributed by atoms with van der Waals surface area (Å²) in [6.07, 6.45) is 1.67. The minimum absolute atomic E-state index is 0.177. The van der Waals surface area contributed by atoms with Crippen LogP contribution in [0.25, 0.3) is 0 Å². The fourth-order valence-electron chi connectivity index (χ4n) is 1.85. The molecule has 0 spiro atoms. The van der Waals surface area contributed by atoms with Gasteiger partial charge in [-0.15, -0.1) is 11.3 Å². The Kier molecular flexibility index (Phi) is 4.54. The van der Waals surface area contributed by atoms with Crippen molar-refractivity contribution in [2.75, 3.05) is 0 Å². The number of nitrogens with zero attached hydrogens (tertiary/aromatic N) is 1. The maximum Gasteiger partial charge on any atom is 0.241 e. The predicted octanol–water partition coefficient (Wildman–Crippen LogP) is 1.73. The summed E-state index contributed by atoms with van der Waals surface area (Å²) in [6, 6.07) is 4.87.